The van der Waals surface area contributed by atoms with Gasteiger partial charge in [-0.1, -0.05) is 39.8 Å². The largest absolute Gasteiger partial charge is 0.342 e. The van der Waals surface area contributed by atoms with Crippen molar-refractivity contribution in [1.82, 2.24) is 9.97 Å². The van der Waals surface area contributed by atoms with Crippen LogP contribution in [-0.2, 0) is 0 Å². The molecule has 0 aromatic carbocycles. The Morgan fingerprint density at radius 3 is 2.47 bits per heavy atom. The first-order chi connectivity index (χ1) is 7.33. The Morgan fingerprint density at radius 2 is 1.80 bits per heavy atom. The molecule has 1 fully saturated rings. The van der Waals surface area contributed by atoms with Gasteiger partial charge in [0.25, 0.3) is 0 Å². The number of nitrogens with zero attached hydrogens (tertiary/aromatic N) is 1. The molecular formula is C13H24N2. The zero-order chi connectivity index (χ0) is 11.4. The van der Waals surface area contributed by atoms with Gasteiger partial charge < -0.3 is 4.98 Å². The van der Waals surface area contributed by atoms with E-state index < -0.39 is 0 Å². The second kappa shape index (κ2) is 5.15. The second-order valence-corrected chi connectivity index (χ2v) is 3.52. The van der Waals surface area contributed by atoms with Crippen molar-refractivity contribution in [2.45, 2.75) is 41.0 Å². The molecule has 0 amide bonds. The van der Waals surface area contributed by atoms with Crippen molar-refractivity contribution in [3.05, 3.63) is 16.5 Å². The van der Waals surface area contributed by atoms with Gasteiger partial charge in [-0.3, -0.25) is 0 Å². The molecule has 1 heterocycles. The van der Waals surface area contributed by atoms with Crippen LogP contribution in [0.2, 0.25) is 0 Å². The quantitative estimate of drug-likeness (QED) is 0.696. The minimum absolute atomic E-state index is 0. The van der Waals surface area contributed by atoms with E-state index in [1.54, 1.807) is 0 Å². The Labute approximate surface area is 93.6 Å². The van der Waals surface area contributed by atoms with Crippen LogP contribution < -0.4 is 10.7 Å². The molecule has 0 saturated heterocycles. The van der Waals surface area contributed by atoms with E-state index in [-0.39, 0.29) is 1.43 Å². The predicted octanol–water partition coefficient (Wildman–Crippen LogP) is 2.23. The summed E-state index contributed by atoms with van der Waals surface area (Å²) in [5.41, 5.74) is 0. The summed E-state index contributed by atoms with van der Waals surface area (Å²) >= 11 is 0. The van der Waals surface area contributed by atoms with E-state index in [0.29, 0.717) is 0 Å². The molecule has 0 spiro atoms. The average molecular weight is 208 g/mol. The van der Waals surface area contributed by atoms with Gasteiger partial charge in [-0.25, -0.2) is 4.98 Å². The van der Waals surface area contributed by atoms with Gasteiger partial charge in [0.2, 0.25) is 0 Å². The van der Waals surface area contributed by atoms with E-state index in [4.69, 9.17) is 0 Å². The first-order valence-corrected chi connectivity index (χ1v) is 6.09. The number of hydrogen-bond donors (Lipinski definition) is 1. The predicted molar refractivity (Wildman–Crippen MR) is 67.9 cm³/mol. The third-order valence-electron chi connectivity index (χ3n) is 2.52. The molecule has 1 aromatic heterocycles. The number of imidazole rings is 1. The maximum atomic E-state index is 4.39. The van der Waals surface area contributed by atoms with E-state index in [1.165, 1.54) is 17.1 Å². The van der Waals surface area contributed by atoms with Gasteiger partial charge >= 0.3 is 0 Å². The van der Waals surface area contributed by atoms with Crippen LogP contribution in [0.25, 0.3) is 12.2 Å². The highest BCUT2D eigenvalue weighted by Gasteiger charge is 2.35. The standard InChI is InChI=1S/C9H10N2.2C2H6.H2/c1-5-10-8-3-6-2-7(6)4-9(8)11-5;2*1-2;/h3-4,6-7H,2H2,1H3,(H,10,11);2*1-2H3;1H. The van der Waals surface area contributed by atoms with E-state index >= 15 is 0 Å². The number of aromatic nitrogens is 2. The lowest BCUT2D eigenvalue weighted by Gasteiger charge is -1.89. The highest BCUT2D eigenvalue weighted by molar-refractivity contribution is 5.46. The fraction of sp³-hybridized carbons (Fsp3) is 0.615. The topological polar surface area (TPSA) is 28.7 Å². The first kappa shape index (κ1) is 12.0. The smallest absolute Gasteiger partial charge is 0.104 e. The summed E-state index contributed by atoms with van der Waals surface area (Å²) in [4.78, 5) is 7.64. The SMILES string of the molecule is CC.CC.Cc1nc2c([nH]1)=CC1CC1C=2.[HH]. The van der Waals surface area contributed by atoms with Crippen molar-refractivity contribution in [3.63, 3.8) is 0 Å². The summed E-state index contributed by atoms with van der Waals surface area (Å²) in [5, 5.41) is 2.41. The van der Waals surface area contributed by atoms with Crippen LogP contribution in [0.5, 0.6) is 0 Å². The Balaban J connectivity index is 0.000000411. The van der Waals surface area contributed by atoms with Gasteiger partial charge in [-0.15, -0.1) is 0 Å². The molecule has 2 aliphatic carbocycles. The molecule has 2 unspecified atom stereocenters. The average Bonchev–Trinajstić information content (AvgIpc) is 2.93. The summed E-state index contributed by atoms with van der Waals surface area (Å²) in [5.74, 6) is 2.66. The van der Waals surface area contributed by atoms with Crippen LogP contribution in [0.1, 0.15) is 41.4 Å². The Bertz CT molecular complexity index is 382. The Hall–Kier alpha value is -1.05. The molecule has 2 nitrogen and oxygen atoms in total. The van der Waals surface area contributed by atoms with Gasteiger partial charge in [0.1, 0.15) is 5.82 Å². The molecule has 1 saturated carbocycles. The molecule has 1 aromatic rings. The maximum Gasteiger partial charge on any atom is 0.104 e. The zero-order valence-electron chi connectivity index (χ0n) is 10.5. The number of aryl methyl sites for hydroxylation is 1. The van der Waals surface area contributed by atoms with E-state index in [1.807, 2.05) is 34.6 Å². The fourth-order valence-electron chi connectivity index (χ4n) is 1.82. The highest BCUT2D eigenvalue weighted by Crippen LogP contribution is 2.41. The third kappa shape index (κ3) is 2.49. The number of fused-ring (bicyclic) bond motifs is 2. The van der Waals surface area contributed by atoms with Gasteiger partial charge in [-0.05, 0) is 25.2 Å². The van der Waals surface area contributed by atoms with Crippen molar-refractivity contribution in [3.8, 4) is 0 Å². The molecule has 86 valence electrons. The summed E-state index contributed by atoms with van der Waals surface area (Å²) in [6, 6.07) is 0. The first-order valence-electron chi connectivity index (χ1n) is 6.09. The number of H-pyrrole nitrogens is 1. The summed E-state index contributed by atoms with van der Waals surface area (Å²) in [6.45, 7) is 10.0. The van der Waals surface area contributed by atoms with Crippen molar-refractivity contribution in [2.24, 2.45) is 11.8 Å². The van der Waals surface area contributed by atoms with Crippen molar-refractivity contribution < 1.29 is 1.43 Å². The van der Waals surface area contributed by atoms with Crippen molar-refractivity contribution in [2.75, 3.05) is 0 Å². The molecule has 0 radical (unpaired) electrons. The lowest BCUT2D eigenvalue weighted by molar-refractivity contribution is 1.04. The van der Waals surface area contributed by atoms with Gasteiger partial charge in [-0.2, -0.15) is 0 Å². The monoisotopic (exact) mass is 208 g/mol. The van der Waals surface area contributed by atoms with E-state index in [2.05, 4.69) is 22.1 Å². The number of nitrogens with one attached hydrogen (secondary N) is 1. The van der Waals surface area contributed by atoms with Crippen molar-refractivity contribution >= 4 is 12.2 Å². The molecular weight excluding hydrogens is 184 g/mol. The highest BCUT2D eigenvalue weighted by atomic mass is 14.9. The van der Waals surface area contributed by atoms with Crippen LogP contribution in [-0.4, -0.2) is 9.97 Å². The molecule has 2 atom stereocenters. The fourth-order valence-corrected chi connectivity index (χ4v) is 1.82. The van der Waals surface area contributed by atoms with Crippen LogP contribution >= 0.6 is 0 Å². The second-order valence-electron chi connectivity index (χ2n) is 3.52. The number of hydrogen-bond acceptors (Lipinski definition) is 1. The molecule has 0 aliphatic heterocycles. The Morgan fingerprint density at radius 1 is 1.20 bits per heavy atom. The van der Waals surface area contributed by atoms with Crippen LogP contribution in [0.4, 0.5) is 0 Å². The summed E-state index contributed by atoms with van der Waals surface area (Å²) in [6.07, 6.45) is 5.95. The van der Waals surface area contributed by atoms with E-state index in [0.717, 1.165) is 17.7 Å². The number of rotatable bonds is 0. The zero-order valence-corrected chi connectivity index (χ0v) is 10.5. The van der Waals surface area contributed by atoms with Gasteiger partial charge in [0.15, 0.2) is 0 Å². The van der Waals surface area contributed by atoms with Crippen molar-refractivity contribution in [1.29, 1.82) is 0 Å². The third-order valence-corrected chi connectivity index (χ3v) is 2.52. The number of aromatic amines is 1. The lowest BCUT2D eigenvalue weighted by Crippen LogP contribution is -2.26. The molecule has 1 N–H and O–H groups in total. The minimum Gasteiger partial charge on any atom is -0.342 e. The van der Waals surface area contributed by atoms with Crippen LogP contribution in [0.15, 0.2) is 0 Å². The van der Waals surface area contributed by atoms with Crippen LogP contribution in [0, 0.1) is 18.8 Å². The molecule has 0 bridgehead atoms. The Kier molecular flexibility index (Phi) is 4.13. The molecule has 3 rings (SSSR count). The van der Waals surface area contributed by atoms with Gasteiger partial charge in [0.05, 0.1) is 10.7 Å². The van der Waals surface area contributed by atoms with Gasteiger partial charge in [0, 0.05) is 1.43 Å². The summed E-state index contributed by atoms with van der Waals surface area (Å²) in [7, 11) is 0. The molecule has 2 heteroatoms. The van der Waals surface area contributed by atoms with Crippen LogP contribution in [0.3, 0.4) is 0 Å². The minimum atomic E-state index is 0. The normalized spacial score (nSPS) is 23.8. The molecule has 15 heavy (non-hydrogen) atoms. The maximum absolute atomic E-state index is 4.39. The molecule has 2 aliphatic rings. The summed E-state index contributed by atoms with van der Waals surface area (Å²) < 4.78 is 0. The lowest BCUT2D eigenvalue weighted by atomic mass is 10.2. The van der Waals surface area contributed by atoms with E-state index in [9.17, 15) is 0 Å².